The summed E-state index contributed by atoms with van der Waals surface area (Å²) in [5.41, 5.74) is -0.00963. The molecule has 3 saturated carbocycles. The van der Waals surface area contributed by atoms with Gasteiger partial charge in [-0.3, -0.25) is 9.59 Å². The first-order valence-electron chi connectivity index (χ1n) is 12.6. The van der Waals surface area contributed by atoms with Gasteiger partial charge in [-0.05, 0) is 68.2 Å². The van der Waals surface area contributed by atoms with Crippen LogP contribution in [0.25, 0.3) is 11.0 Å². The summed E-state index contributed by atoms with van der Waals surface area (Å²) in [4.78, 5) is 32.9. The maximum Gasteiger partial charge on any atom is 0.295 e. The van der Waals surface area contributed by atoms with Gasteiger partial charge in [0.1, 0.15) is 5.60 Å². The number of H-pyrrole nitrogens is 1. The predicted octanol–water partition coefficient (Wildman–Crippen LogP) is 3.52. The minimum Gasteiger partial charge on any atom is -0.457 e. The molecule has 6 rings (SSSR count). The minimum atomic E-state index is -1.56. The zero-order chi connectivity index (χ0) is 24.6. The first-order chi connectivity index (χ1) is 16.7. The lowest BCUT2D eigenvalue weighted by molar-refractivity contribution is -0.178. The Morgan fingerprint density at radius 1 is 1.26 bits per heavy atom. The number of nitrogens with zero attached hydrogens (tertiary/aromatic N) is 1. The van der Waals surface area contributed by atoms with Crippen molar-refractivity contribution in [1.82, 2.24) is 9.97 Å². The Morgan fingerprint density at radius 2 is 2.06 bits per heavy atom. The zero-order valence-corrected chi connectivity index (χ0v) is 20.2. The molecule has 35 heavy (non-hydrogen) atoms. The van der Waals surface area contributed by atoms with Gasteiger partial charge in [0.25, 0.3) is 6.01 Å². The highest BCUT2D eigenvalue weighted by Gasteiger charge is 2.68. The number of hydrogen-bond acceptors (Lipinski definition) is 6. The number of aliphatic hydroxyl groups excluding tert-OH is 1. The third-order valence-electron chi connectivity index (χ3n) is 9.82. The molecular formula is C28H32N2O5. The van der Waals surface area contributed by atoms with E-state index in [9.17, 15) is 19.8 Å². The number of aromatic amines is 1. The number of allylic oxidation sites excluding steroid dienone is 4. The number of carbonyl (C=O) groups excluding carboxylic acids is 2. The van der Waals surface area contributed by atoms with Crippen molar-refractivity contribution in [2.75, 3.05) is 6.61 Å². The normalized spacial score (nSPS) is 40.1. The van der Waals surface area contributed by atoms with Crippen LogP contribution in [0.3, 0.4) is 0 Å². The number of hydrogen-bond donors (Lipinski definition) is 3. The van der Waals surface area contributed by atoms with Crippen molar-refractivity contribution < 1.29 is 24.5 Å². The Hall–Kier alpha value is -2.77. The fraction of sp³-hybridized carbons (Fsp3) is 0.536. The summed E-state index contributed by atoms with van der Waals surface area (Å²) in [6, 6.07) is 7.78. The van der Waals surface area contributed by atoms with E-state index in [1.54, 1.807) is 12.2 Å². The van der Waals surface area contributed by atoms with Crippen LogP contribution in [0.2, 0.25) is 0 Å². The van der Waals surface area contributed by atoms with E-state index in [0.29, 0.717) is 12.8 Å². The number of fused-ring (bicyclic) bond motifs is 6. The van der Waals surface area contributed by atoms with Crippen LogP contribution in [0.5, 0.6) is 6.01 Å². The fourth-order valence-corrected chi connectivity index (χ4v) is 8.04. The van der Waals surface area contributed by atoms with Crippen LogP contribution in [-0.4, -0.2) is 50.1 Å². The van der Waals surface area contributed by atoms with E-state index < -0.39 is 17.1 Å². The van der Waals surface area contributed by atoms with Crippen LogP contribution in [-0.2, 0) is 9.59 Å². The van der Waals surface area contributed by atoms with Gasteiger partial charge in [-0.1, -0.05) is 37.6 Å². The molecule has 0 saturated heterocycles. The summed E-state index contributed by atoms with van der Waals surface area (Å²) in [6.07, 6.45) is 7.74. The van der Waals surface area contributed by atoms with Gasteiger partial charge in [-0.15, -0.1) is 0 Å². The van der Waals surface area contributed by atoms with Crippen molar-refractivity contribution in [2.24, 2.45) is 28.6 Å². The average molecular weight is 477 g/mol. The molecule has 3 N–H and O–H groups in total. The van der Waals surface area contributed by atoms with E-state index in [1.807, 2.05) is 37.3 Å². The molecule has 1 aromatic carbocycles. The number of imidazole rings is 1. The van der Waals surface area contributed by atoms with E-state index >= 15 is 0 Å². The Morgan fingerprint density at radius 3 is 2.86 bits per heavy atom. The molecule has 4 aliphatic carbocycles. The quantitative estimate of drug-likeness (QED) is 0.622. The van der Waals surface area contributed by atoms with Gasteiger partial charge in [0.15, 0.2) is 12.4 Å². The van der Waals surface area contributed by atoms with Crippen molar-refractivity contribution in [3.8, 4) is 6.01 Å². The highest BCUT2D eigenvalue weighted by Crippen LogP contribution is 2.67. The van der Waals surface area contributed by atoms with Gasteiger partial charge < -0.3 is 19.9 Å². The van der Waals surface area contributed by atoms with Gasteiger partial charge in [0.2, 0.25) is 5.78 Å². The molecule has 0 aliphatic heterocycles. The van der Waals surface area contributed by atoms with Gasteiger partial charge in [-0.25, -0.2) is 0 Å². The average Bonchev–Trinajstić information content (AvgIpc) is 3.36. The van der Waals surface area contributed by atoms with Crippen LogP contribution in [0.4, 0.5) is 0 Å². The number of Topliss-reactive ketones (excluding diaryl/α,β-unsaturated/α-hetero) is 1. The smallest absolute Gasteiger partial charge is 0.295 e. The van der Waals surface area contributed by atoms with Gasteiger partial charge in [0.05, 0.1) is 17.1 Å². The Kier molecular flexibility index (Phi) is 4.93. The predicted molar refractivity (Wildman–Crippen MR) is 130 cm³/mol. The summed E-state index contributed by atoms with van der Waals surface area (Å²) >= 11 is 0. The van der Waals surface area contributed by atoms with Crippen LogP contribution >= 0.6 is 0 Å². The van der Waals surface area contributed by atoms with Crippen LogP contribution in [0.15, 0.2) is 48.1 Å². The lowest BCUT2D eigenvalue weighted by atomic mass is 9.46. The molecule has 7 atom stereocenters. The number of para-hydroxylation sites is 2. The van der Waals surface area contributed by atoms with Crippen molar-refractivity contribution >= 4 is 22.6 Å². The summed E-state index contributed by atoms with van der Waals surface area (Å²) < 4.78 is 5.70. The van der Waals surface area contributed by atoms with Crippen LogP contribution in [0.1, 0.15) is 46.0 Å². The second kappa shape index (κ2) is 7.61. The molecule has 2 aromatic rings. The van der Waals surface area contributed by atoms with E-state index in [1.165, 1.54) is 0 Å². The molecule has 0 bridgehead atoms. The fourth-order valence-electron chi connectivity index (χ4n) is 8.04. The monoisotopic (exact) mass is 476 g/mol. The van der Waals surface area contributed by atoms with E-state index in [0.717, 1.165) is 35.9 Å². The van der Waals surface area contributed by atoms with Crippen LogP contribution < -0.4 is 4.74 Å². The van der Waals surface area contributed by atoms with Crippen molar-refractivity contribution in [3.63, 3.8) is 0 Å². The number of aromatic nitrogens is 2. The highest BCUT2D eigenvalue weighted by molar-refractivity contribution is 6.01. The number of aliphatic hydroxyl groups is 2. The SMILES string of the molecule is CC12C=CC(=O)C=C1CCC1C2C(O)CC2(C)C1CC[C@]2(O)C(=O)COc1nc2ccccc2[nH]1. The standard InChI is InChI=1S/C28H32N2O5/c1-26-11-9-17(31)13-16(26)7-8-18-19-10-12-28(34,27(19,2)14-22(32)24(18)26)23(33)15-35-25-29-20-5-3-4-6-21(20)30-25/h3-6,9,11,13,18-19,22,24,32,34H,7-8,10,12,14-15H2,1-2H3,(H,29,30)/t18?,19?,22?,24?,26?,27?,28-/m0/s1. The zero-order valence-electron chi connectivity index (χ0n) is 20.2. The number of ketones is 2. The van der Waals surface area contributed by atoms with Gasteiger partial charge in [-0.2, -0.15) is 4.98 Å². The number of rotatable bonds is 4. The Balaban J connectivity index is 1.25. The third-order valence-corrected chi connectivity index (χ3v) is 9.82. The van der Waals surface area contributed by atoms with Crippen molar-refractivity contribution in [2.45, 2.75) is 57.7 Å². The van der Waals surface area contributed by atoms with Crippen molar-refractivity contribution in [3.05, 3.63) is 48.1 Å². The molecule has 7 heteroatoms. The molecule has 0 amide bonds. The largest absolute Gasteiger partial charge is 0.457 e. The molecule has 1 heterocycles. The second-order valence-electron chi connectivity index (χ2n) is 11.4. The summed E-state index contributed by atoms with van der Waals surface area (Å²) in [7, 11) is 0. The molecule has 184 valence electrons. The maximum absolute atomic E-state index is 13.5. The molecular weight excluding hydrogens is 444 g/mol. The van der Waals surface area contributed by atoms with E-state index in [4.69, 9.17) is 4.74 Å². The summed E-state index contributed by atoms with van der Waals surface area (Å²) in [5, 5.41) is 23.3. The van der Waals surface area contributed by atoms with Crippen molar-refractivity contribution in [1.29, 1.82) is 0 Å². The molecule has 6 unspecified atom stereocenters. The third kappa shape index (κ3) is 3.14. The second-order valence-corrected chi connectivity index (χ2v) is 11.4. The maximum atomic E-state index is 13.5. The summed E-state index contributed by atoms with van der Waals surface area (Å²) in [5.74, 6) is -0.104. The highest BCUT2D eigenvalue weighted by atomic mass is 16.5. The molecule has 0 spiro atoms. The van der Waals surface area contributed by atoms with Crippen LogP contribution in [0, 0.1) is 28.6 Å². The number of ether oxygens (including phenoxy) is 1. The Labute approximate surface area is 204 Å². The topological polar surface area (TPSA) is 113 Å². The first kappa shape index (κ1) is 22.7. The van der Waals surface area contributed by atoms with E-state index in [2.05, 4.69) is 16.9 Å². The molecule has 4 aliphatic rings. The Bertz CT molecular complexity index is 1250. The molecule has 0 radical (unpaired) electrons. The summed E-state index contributed by atoms with van der Waals surface area (Å²) in [6.45, 7) is 3.81. The molecule has 7 nitrogen and oxygen atoms in total. The van der Waals surface area contributed by atoms with E-state index in [-0.39, 0.29) is 47.4 Å². The number of carbonyl (C=O) groups is 2. The van der Waals surface area contributed by atoms with Gasteiger partial charge in [0, 0.05) is 16.7 Å². The lowest BCUT2D eigenvalue weighted by Gasteiger charge is -2.59. The first-order valence-corrected chi connectivity index (χ1v) is 12.6. The molecule has 1 aromatic heterocycles. The van der Waals surface area contributed by atoms with Gasteiger partial charge >= 0.3 is 0 Å². The molecule has 3 fully saturated rings. The lowest BCUT2D eigenvalue weighted by Crippen LogP contribution is -2.61. The number of benzene rings is 1. The minimum absolute atomic E-state index is 0.0105. The number of nitrogens with one attached hydrogen (secondary N) is 1.